The summed E-state index contributed by atoms with van der Waals surface area (Å²) in [7, 11) is -4.61. The van der Waals surface area contributed by atoms with E-state index >= 15 is 0 Å². The predicted octanol–water partition coefficient (Wildman–Crippen LogP) is 10.2. The zero-order valence-corrected chi connectivity index (χ0v) is 40.7. The molecule has 1 aliphatic heterocycles. The van der Waals surface area contributed by atoms with Crippen molar-refractivity contribution in [2.45, 2.75) is 147 Å². The predicted molar refractivity (Wildman–Crippen MR) is 248 cm³/mol. The van der Waals surface area contributed by atoms with Gasteiger partial charge in [0, 0.05) is 24.1 Å². The molecular weight excluding hydrogens is 835 g/mol. The van der Waals surface area contributed by atoms with Gasteiger partial charge in [-0.2, -0.15) is 4.98 Å². The number of hydrazine groups is 2. The van der Waals surface area contributed by atoms with Crippen LogP contribution in [-0.2, 0) is 23.1 Å². The minimum atomic E-state index is -2.39. The lowest BCUT2D eigenvalue weighted by atomic mass is 9.86. The van der Waals surface area contributed by atoms with E-state index in [0.717, 1.165) is 54.4 Å². The van der Waals surface area contributed by atoms with Gasteiger partial charge in [-0.3, -0.25) is 9.36 Å². The van der Waals surface area contributed by atoms with Crippen molar-refractivity contribution in [2.75, 3.05) is 18.2 Å². The van der Waals surface area contributed by atoms with Crippen LogP contribution in [0.3, 0.4) is 0 Å². The monoisotopic (exact) mass is 901 g/mol. The number of carbonyl (C=O) groups excluding carboxylic acids is 2. The van der Waals surface area contributed by atoms with Gasteiger partial charge in [-0.25, -0.2) is 19.8 Å². The van der Waals surface area contributed by atoms with E-state index in [1.807, 2.05) is 48.5 Å². The summed E-state index contributed by atoms with van der Waals surface area (Å²) < 4.78 is 27.1. The molecule has 0 spiro atoms. The summed E-state index contributed by atoms with van der Waals surface area (Å²) in [6.07, 6.45) is 2.11. The Kier molecular flexibility index (Phi) is 14.3. The fourth-order valence-electron chi connectivity index (χ4n) is 8.06. The van der Waals surface area contributed by atoms with E-state index in [1.165, 1.54) is 16.8 Å². The highest BCUT2D eigenvalue weighted by Crippen LogP contribution is 2.46. The van der Waals surface area contributed by atoms with Gasteiger partial charge in [-0.15, -0.1) is 10.1 Å². The van der Waals surface area contributed by atoms with Crippen LogP contribution in [-0.4, -0.2) is 79.9 Å². The molecule has 3 aromatic rings. The Hall–Kier alpha value is -4.62. The number of aromatic nitrogens is 2. The Morgan fingerprint density at radius 3 is 2.03 bits per heavy atom. The SMILES string of the molecule is C=C1[C@H](n2ccc(N(C(=O)O)N(NC(=O)OCC3c4ccccc4-c4ccccc43)C(=O)CCC3CCCCC3)nc2=O)OC(CO[Si](C)(C)C(C)(C)C)[C@H]1O[Si](C)(C)C(C)(C)C. The number of amides is 3. The minimum Gasteiger partial charge on any atom is -0.463 e. The van der Waals surface area contributed by atoms with Crippen molar-refractivity contribution in [1.82, 2.24) is 20.1 Å². The smallest absolute Gasteiger partial charge is 0.434 e. The summed E-state index contributed by atoms with van der Waals surface area (Å²) in [5, 5.41) is 11.5. The molecule has 6 rings (SSSR count). The number of ether oxygens (including phenoxy) is 2. The first-order valence-corrected chi connectivity index (χ1v) is 28.0. The highest BCUT2D eigenvalue weighted by atomic mass is 28.4. The molecule has 1 saturated carbocycles. The van der Waals surface area contributed by atoms with Gasteiger partial charge < -0.3 is 23.4 Å². The van der Waals surface area contributed by atoms with Crippen LogP contribution in [0.1, 0.15) is 110 Å². The fraction of sp³-hybridized carbons (Fsp3) is 0.553. The number of benzene rings is 2. The molecule has 1 unspecified atom stereocenters. The third kappa shape index (κ3) is 10.5. The molecule has 3 amide bonds. The molecule has 2 aromatic carbocycles. The molecule has 1 saturated heterocycles. The normalized spacial score (nSPS) is 19.7. The molecule has 2 N–H and O–H groups in total. The third-order valence-corrected chi connectivity index (χ3v) is 22.9. The van der Waals surface area contributed by atoms with Crippen molar-refractivity contribution in [3.63, 3.8) is 0 Å². The van der Waals surface area contributed by atoms with Crippen molar-refractivity contribution in [3.8, 4) is 11.1 Å². The molecule has 14 nitrogen and oxygen atoms in total. The van der Waals surface area contributed by atoms with E-state index < -0.39 is 64.7 Å². The highest BCUT2D eigenvalue weighted by molar-refractivity contribution is 6.74. The lowest BCUT2D eigenvalue weighted by Crippen LogP contribution is -2.59. The van der Waals surface area contributed by atoms with Crippen LogP contribution in [0, 0.1) is 5.92 Å². The lowest BCUT2D eigenvalue weighted by molar-refractivity contribution is -0.134. The van der Waals surface area contributed by atoms with Gasteiger partial charge >= 0.3 is 17.9 Å². The molecule has 3 atom stereocenters. The number of hydrogen-bond acceptors (Lipinski definition) is 9. The van der Waals surface area contributed by atoms with E-state index in [-0.39, 0.29) is 35.6 Å². The van der Waals surface area contributed by atoms with Gasteiger partial charge in [-0.05, 0) is 76.9 Å². The number of anilines is 1. The molecule has 3 aliphatic rings. The first-order valence-electron chi connectivity index (χ1n) is 22.2. The van der Waals surface area contributed by atoms with Crippen molar-refractivity contribution >= 4 is 40.5 Å². The molecule has 0 bridgehead atoms. The van der Waals surface area contributed by atoms with Crippen LogP contribution >= 0.6 is 0 Å². The van der Waals surface area contributed by atoms with Crippen molar-refractivity contribution < 1.29 is 37.8 Å². The fourth-order valence-corrected chi connectivity index (χ4v) is 10.4. The zero-order chi connectivity index (χ0) is 46.1. The molecule has 342 valence electrons. The third-order valence-electron chi connectivity index (χ3n) is 13.9. The van der Waals surface area contributed by atoms with E-state index in [1.54, 1.807) is 0 Å². The van der Waals surface area contributed by atoms with Gasteiger partial charge in [0.15, 0.2) is 28.7 Å². The standard InChI is InChI=1S/C47H67N5O9Si2/c1-31-41(61-63(10,11)47(5,6)7)38(30-59-62(8,9)46(2,3)4)60-42(31)50-28-27-39(48-43(50)54)51(45(56)57)52(40(53)26-25-32-19-13-12-14-20-32)49-44(55)58-29-37-35-23-17-15-21-33(35)34-22-16-18-24-36(34)37/h15-18,21-24,27-28,32,37-38,41-42H,1,12-14,19-20,25-26,29-30H2,2-11H3,(H,49,55)(H,56,57)/t38?,41-,42+/m0/s1. The average Bonchev–Trinajstić information content (AvgIpc) is 3.70. The van der Waals surface area contributed by atoms with E-state index in [0.29, 0.717) is 28.0 Å². The quantitative estimate of drug-likeness (QED) is 0.102. The van der Waals surface area contributed by atoms with Crippen LogP contribution in [0.2, 0.25) is 36.3 Å². The molecule has 1 aromatic heterocycles. The largest absolute Gasteiger partial charge is 0.463 e. The first-order chi connectivity index (χ1) is 29.5. The van der Waals surface area contributed by atoms with E-state index in [2.05, 4.69) is 84.7 Å². The Morgan fingerprint density at radius 2 is 1.48 bits per heavy atom. The maximum Gasteiger partial charge on any atom is 0.434 e. The van der Waals surface area contributed by atoms with Crippen LogP contribution in [0.15, 0.2) is 77.7 Å². The molecular formula is C47H67N5O9Si2. The first kappa shape index (κ1) is 47.9. The Morgan fingerprint density at radius 1 is 0.889 bits per heavy atom. The summed E-state index contributed by atoms with van der Waals surface area (Å²) in [5.41, 5.74) is 6.10. The van der Waals surface area contributed by atoms with Gasteiger partial charge in [0.05, 0.1) is 12.7 Å². The van der Waals surface area contributed by atoms with Crippen LogP contribution in [0.5, 0.6) is 0 Å². The number of carboxylic acid groups (broad SMARTS) is 1. The van der Waals surface area contributed by atoms with Crippen molar-refractivity contribution in [2.24, 2.45) is 5.92 Å². The van der Waals surface area contributed by atoms with E-state index in [9.17, 15) is 24.3 Å². The van der Waals surface area contributed by atoms with Gasteiger partial charge in [-0.1, -0.05) is 129 Å². The van der Waals surface area contributed by atoms with Crippen molar-refractivity contribution in [1.29, 1.82) is 0 Å². The second-order valence-corrected chi connectivity index (χ2v) is 29.8. The summed E-state index contributed by atoms with van der Waals surface area (Å²) in [6.45, 7) is 26.0. The summed E-state index contributed by atoms with van der Waals surface area (Å²) in [4.78, 5) is 59.1. The number of hydrogen-bond donors (Lipinski definition) is 2. The number of nitrogens with one attached hydrogen (secondary N) is 1. The molecule has 0 radical (unpaired) electrons. The Bertz CT molecular complexity index is 2180. The maximum absolute atomic E-state index is 14.1. The van der Waals surface area contributed by atoms with Crippen LogP contribution in [0.4, 0.5) is 15.4 Å². The number of fused-ring (bicyclic) bond motifs is 3. The second kappa shape index (κ2) is 18.8. The highest BCUT2D eigenvalue weighted by Gasteiger charge is 2.49. The Balaban J connectivity index is 1.26. The van der Waals surface area contributed by atoms with Gasteiger partial charge in [0.25, 0.3) is 5.91 Å². The molecule has 2 fully saturated rings. The van der Waals surface area contributed by atoms with Crippen molar-refractivity contribution in [3.05, 3.63) is 94.6 Å². The molecule has 2 aliphatic carbocycles. The zero-order valence-electron chi connectivity index (χ0n) is 38.7. The summed E-state index contributed by atoms with van der Waals surface area (Å²) in [6, 6.07) is 17.1. The lowest BCUT2D eigenvalue weighted by Gasteiger charge is -2.40. The minimum absolute atomic E-state index is 0.0567. The van der Waals surface area contributed by atoms with E-state index in [4.69, 9.17) is 18.3 Å². The number of rotatable bonds is 12. The molecule has 16 heteroatoms. The molecule has 2 heterocycles. The number of carbonyl (C=O) groups is 3. The molecule has 63 heavy (non-hydrogen) atoms. The van der Waals surface area contributed by atoms with Crippen LogP contribution < -0.4 is 16.1 Å². The van der Waals surface area contributed by atoms with Gasteiger partial charge in [0.2, 0.25) is 0 Å². The van der Waals surface area contributed by atoms with Gasteiger partial charge in [0.1, 0.15) is 12.7 Å². The summed E-state index contributed by atoms with van der Waals surface area (Å²) in [5.74, 6) is -1.10. The number of nitrogens with zero attached hydrogens (tertiary/aromatic N) is 4. The Labute approximate surface area is 374 Å². The van der Waals surface area contributed by atoms with Crippen LogP contribution in [0.25, 0.3) is 11.1 Å². The topological polar surface area (TPSA) is 162 Å². The maximum atomic E-state index is 14.1. The second-order valence-electron chi connectivity index (χ2n) is 20.2. The average molecular weight is 902 g/mol. The summed E-state index contributed by atoms with van der Waals surface area (Å²) >= 11 is 0.